The van der Waals surface area contributed by atoms with Crippen LogP contribution < -0.4 is 5.73 Å². The first-order valence-electron chi connectivity index (χ1n) is 4.11. The maximum atomic E-state index is 12.4. The molecule has 0 radical (unpaired) electrons. The lowest BCUT2D eigenvalue weighted by Crippen LogP contribution is -2.09. The molecule has 2 N–H and O–H groups in total. The molecule has 0 aromatic carbocycles. The van der Waals surface area contributed by atoms with Crippen molar-refractivity contribution in [3.8, 4) is 0 Å². The van der Waals surface area contributed by atoms with Crippen molar-refractivity contribution in [1.82, 2.24) is 14.4 Å². The van der Waals surface area contributed by atoms with Crippen LogP contribution in [0.2, 0.25) is 0 Å². The number of fused-ring (bicyclic) bond motifs is 1. The van der Waals surface area contributed by atoms with E-state index in [1.807, 2.05) is 0 Å². The second kappa shape index (κ2) is 3.20. The van der Waals surface area contributed by atoms with E-state index in [0.717, 1.165) is 12.4 Å². The van der Waals surface area contributed by atoms with Gasteiger partial charge in [-0.2, -0.15) is 13.2 Å². The van der Waals surface area contributed by atoms with Gasteiger partial charge < -0.3 is 5.73 Å². The van der Waals surface area contributed by atoms with Gasteiger partial charge in [0.05, 0.1) is 17.5 Å². The number of imidazole rings is 1. The second-order valence-corrected chi connectivity index (χ2v) is 2.96. The van der Waals surface area contributed by atoms with E-state index in [2.05, 4.69) is 9.97 Å². The minimum Gasteiger partial charge on any atom is -0.325 e. The summed E-state index contributed by atoms with van der Waals surface area (Å²) in [6, 6.07) is 0. The molecule has 0 saturated carbocycles. The highest BCUT2D eigenvalue weighted by atomic mass is 19.4. The van der Waals surface area contributed by atoms with Crippen LogP contribution in [0.3, 0.4) is 0 Å². The van der Waals surface area contributed by atoms with Crippen molar-refractivity contribution in [2.45, 2.75) is 12.7 Å². The van der Waals surface area contributed by atoms with E-state index < -0.39 is 11.7 Å². The number of rotatable bonds is 1. The molecule has 0 spiro atoms. The Morgan fingerprint density at radius 2 is 1.93 bits per heavy atom. The van der Waals surface area contributed by atoms with Crippen LogP contribution in [0.1, 0.15) is 11.3 Å². The van der Waals surface area contributed by atoms with E-state index >= 15 is 0 Å². The first-order valence-corrected chi connectivity index (χ1v) is 4.11. The molecule has 0 bridgehead atoms. The SMILES string of the molecule is NCc1cnc2ncc(C(F)(F)F)cn12. The summed E-state index contributed by atoms with van der Waals surface area (Å²) in [6.45, 7) is 0.115. The molecule has 80 valence electrons. The highest BCUT2D eigenvalue weighted by Gasteiger charge is 2.31. The number of aromatic nitrogens is 3. The van der Waals surface area contributed by atoms with Crippen molar-refractivity contribution in [2.75, 3.05) is 0 Å². The molecule has 4 nitrogen and oxygen atoms in total. The molecule has 0 aliphatic rings. The number of hydrogen-bond acceptors (Lipinski definition) is 3. The molecular weight excluding hydrogens is 209 g/mol. The van der Waals surface area contributed by atoms with Gasteiger partial charge in [-0.15, -0.1) is 0 Å². The fourth-order valence-electron chi connectivity index (χ4n) is 1.22. The van der Waals surface area contributed by atoms with Crippen LogP contribution >= 0.6 is 0 Å². The summed E-state index contributed by atoms with van der Waals surface area (Å²) in [4.78, 5) is 7.41. The van der Waals surface area contributed by atoms with Gasteiger partial charge in [0.1, 0.15) is 0 Å². The van der Waals surface area contributed by atoms with Crippen LogP contribution in [0, 0.1) is 0 Å². The highest BCUT2D eigenvalue weighted by Crippen LogP contribution is 2.28. The fraction of sp³-hybridized carbons (Fsp3) is 0.250. The summed E-state index contributed by atoms with van der Waals surface area (Å²) >= 11 is 0. The standard InChI is InChI=1S/C8H7F3N4/c9-8(10,11)5-2-13-7-14-3-6(1-12)15(7)4-5/h2-4H,1,12H2. The van der Waals surface area contributed by atoms with Gasteiger partial charge in [-0.3, -0.25) is 4.40 Å². The number of nitrogens with two attached hydrogens (primary N) is 1. The van der Waals surface area contributed by atoms with Crippen LogP contribution in [0.25, 0.3) is 5.78 Å². The molecule has 2 aromatic heterocycles. The molecule has 2 heterocycles. The number of hydrogen-bond donors (Lipinski definition) is 1. The van der Waals surface area contributed by atoms with E-state index in [0.29, 0.717) is 5.69 Å². The van der Waals surface area contributed by atoms with Gasteiger partial charge in [0.15, 0.2) is 0 Å². The zero-order chi connectivity index (χ0) is 11.1. The van der Waals surface area contributed by atoms with E-state index in [9.17, 15) is 13.2 Å². The normalized spacial score (nSPS) is 12.3. The lowest BCUT2D eigenvalue weighted by atomic mass is 10.3. The van der Waals surface area contributed by atoms with Crippen LogP contribution in [0.15, 0.2) is 18.6 Å². The van der Waals surface area contributed by atoms with Crippen LogP contribution in [-0.4, -0.2) is 14.4 Å². The largest absolute Gasteiger partial charge is 0.419 e. The summed E-state index contributed by atoms with van der Waals surface area (Å²) in [5, 5.41) is 0. The third-order valence-electron chi connectivity index (χ3n) is 1.98. The van der Waals surface area contributed by atoms with Gasteiger partial charge in [-0.1, -0.05) is 0 Å². The van der Waals surface area contributed by atoms with Gasteiger partial charge >= 0.3 is 6.18 Å². The Labute approximate surface area is 82.6 Å². The molecular formula is C8H7F3N4. The minimum atomic E-state index is -4.41. The lowest BCUT2D eigenvalue weighted by molar-refractivity contribution is -0.138. The quantitative estimate of drug-likeness (QED) is 0.779. The zero-order valence-corrected chi connectivity index (χ0v) is 7.49. The summed E-state index contributed by atoms with van der Waals surface area (Å²) in [5.41, 5.74) is 5.02. The smallest absolute Gasteiger partial charge is 0.325 e. The maximum Gasteiger partial charge on any atom is 0.419 e. The molecule has 15 heavy (non-hydrogen) atoms. The van der Waals surface area contributed by atoms with Crippen molar-refractivity contribution in [1.29, 1.82) is 0 Å². The Hall–Kier alpha value is -1.63. The van der Waals surface area contributed by atoms with Crippen molar-refractivity contribution >= 4 is 5.78 Å². The Bertz CT molecular complexity index is 488. The van der Waals surface area contributed by atoms with Crippen molar-refractivity contribution in [3.63, 3.8) is 0 Å². The summed E-state index contributed by atoms with van der Waals surface area (Å²) in [7, 11) is 0. The fourth-order valence-corrected chi connectivity index (χ4v) is 1.22. The molecule has 0 amide bonds. The van der Waals surface area contributed by atoms with Gasteiger partial charge in [-0.05, 0) is 0 Å². The number of halogens is 3. The molecule has 0 saturated heterocycles. The van der Waals surface area contributed by atoms with Gasteiger partial charge in [0, 0.05) is 18.9 Å². The molecule has 0 atom stereocenters. The van der Waals surface area contributed by atoms with E-state index in [-0.39, 0.29) is 12.3 Å². The van der Waals surface area contributed by atoms with E-state index in [1.54, 1.807) is 0 Å². The molecule has 0 fully saturated rings. The Balaban J connectivity index is 2.63. The summed E-state index contributed by atoms with van der Waals surface area (Å²) in [6.07, 6.45) is -1.31. The van der Waals surface area contributed by atoms with Crippen LogP contribution in [0.5, 0.6) is 0 Å². The molecule has 0 unspecified atom stereocenters. The first-order chi connectivity index (χ1) is 7.02. The second-order valence-electron chi connectivity index (χ2n) is 2.96. The van der Waals surface area contributed by atoms with Crippen LogP contribution in [0.4, 0.5) is 13.2 Å². The minimum absolute atomic E-state index is 0.115. The molecule has 0 aliphatic carbocycles. The third-order valence-corrected chi connectivity index (χ3v) is 1.98. The summed E-state index contributed by atoms with van der Waals surface area (Å²) in [5.74, 6) is 0.212. The lowest BCUT2D eigenvalue weighted by Gasteiger charge is -2.06. The first kappa shape index (κ1) is 9.91. The predicted molar refractivity (Wildman–Crippen MR) is 45.9 cm³/mol. The topological polar surface area (TPSA) is 56.2 Å². The predicted octanol–water partition coefficient (Wildman–Crippen LogP) is 1.21. The third kappa shape index (κ3) is 1.65. The number of nitrogens with zero attached hydrogens (tertiary/aromatic N) is 3. The molecule has 2 aromatic rings. The van der Waals surface area contributed by atoms with Crippen molar-refractivity contribution in [2.24, 2.45) is 5.73 Å². The van der Waals surface area contributed by atoms with Gasteiger partial charge in [0.2, 0.25) is 5.78 Å². The Morgan fingerprint density at radius 3 is 2.53 bits per heavy atom. The van der Waals surface area contributed by atoms with Gasteiger partial charge in [-0.25, -0.2) is 9.97 Å². The molecule has 7 heteroatoms. The van der Waals surface area contributed by atoms with Crippen molar-refractivity contribution in [3.05, 3.63) is 29.8 Å². The Kier molecular flexibility index (Phi) is 2.11. The Morgan fingerprint density at radius 1 is 1.27 bits per heavy atom. The highest BCUT2D eigenvalue weighted by molar-refractivity contribution is 5.33. The van der Waals surface area contributed by atoms with Crippen molar-refractivity contribution < 1.29 is 13.2 Å². The van der Waals surface area contributed by atoms with Crippen LogP contribution in [-0.2, 0) is 12.7 Å². The maximum absolute atomic E-state index is 12.4. The monoisotopic (exact) mass is 216 g/mol. The van der Waals surface area contributed by atoms with E-state index in [4.69, 9.17) is 5.73 Å². The van der Waals surface area contributed by atoms with Gasteiger partial charge in [0.25, 0.3) is 0 Å². The average molecular weight is 216 g/mol. The average Bonchev–Trinajstić information content (AvgIpc) is 2.57. The zero-order valence-electron chi connectivity index (χ0n) is 7.49. The molecule has 2 rings (SSSR count). The molecule has 0 aliphatic heterocycles. The summed E-state index contributed by atoms with van der Waals surface area (Å²) < 4.78 is 38.3. The van der Waals surface area contributed by atoms with E-state index in [1.165, 1.54) is 10.6 Å². The number of alkyl halides is 3.